The lowest BCUT2D eigenvalue weighted by molar-refractivity contribution is -0.122. The number of benzene rings is 1. The van der Waals surface area contributed by atoms with Crippen LogP contribution >= 0.6 is 11.6 Å². The third-order valence-corrected chi connectivity index (χ3v) is 7.10. The van der Waals surface area contributed by atoms with Gasteiger partial charge in [0.25, 0.3) is 0 Å². The van der Waals surface area contributed by atoms with Crippen molar-refractivity contribution in [3.8, 4) is 0 Å². The van der Waals surface area contributed by atoms with Gasteiger partial charge in [-0.2, -0.15) is 0 Å². The fourth-order valence-electron chi connectivity index (χ4n) is 4.40. The number of fused-ring (bicyclic) bond motifs is 2. The molecule has 0 saturated heterocycles. The number of nitrogens with one attached hydrogen (secondary N) is 1. The Bertz CT molecular complexity index is 781. The van der Waals surface area contributed by atoms with Crippen molar-refractivity contribution in [3.05, 3.63) is 28.8 Å². The molecule has 2 aliphatic rings. The fourth-order valence-corrected chi connectivity index (χ4v) is 5.58. The summed E-state index contributed by atoms with van der Waals surface area (Å²) in [6, 6.07) is 5.52. The van der Waals surface area contributed by atoms with Gasteiger partial charge in [-0.25, -0.2) is 8.42 Å². The molecular weight excluding hydrogens is 372 g/mol. The van der Waals surface area contributed by atoms with Crippen LogP contribution in [0.2, 0.25) is 5.02 Å². The highest BCUT2D eigenvalue weighted by Crippen LogP contribution is 2.44. The maximum atomic E-state index is 12.3. The van der Waals surface area contributed by atoms with Gasteiger partial charge in [0.2, 0.25) is 15.9 Å². The zero-order valence-corrected chi connectivity index (χ0v) is 16.9. The average Bonchev–Trinajstić information content (AvgIpc) is 3.16. The molecule has 1 amide bonds. The van der Waals surface area contributed by atoms with E-state index in [4.69, 9.17) is 11.6 Å². The van der Waals surface area contributed by atoms with E-state index < -0.39 is 10.0 Å². The number of amides is 1. The number of hydrogen-bond acceptors (Lipinski definition) is 3. The molecule has 0 radical (unpaired) electrons. The number of carbonyl (C=O) groups is 1. The molecule has 2 aliphatic carbocycles. The number of halogens is 1. The first kappa shape index (κ1) is 19.5. The maximum Gasteiger partial charge on any atom is 0.232 e. The number of aryl methyl sites for hydroxylation is 1. The number of sulfonamides is 1. The van der Waals surface area contributed by atoms with Crippen LogP contribution in [-0.4, -0.2) is 33.2 Å². The second-order valence-corrected chi connectivity index (χ2v) is 10.1. The Hall–Kier alpha value is -1.27. The molecule has 0 spiro atoms. The lowest BCUT2D eigenvalue weighted by Gasteiger charge is -2.25. The first-order chi connectivity index (χ1) is 12.2. The predicted molar refractivity (Wildman–Crippen MR) is 105 cm³/mol. The lowest BCUT2D eigenvalue weighted by Crippen LogP contribution is -2.39. The number of carbonyl (C=O) groups excluding carboxylic acids is 1. The van der Waals surface area contributed by atoms with E-state index in [1.54, 1.807) is 18.2 Å². The van der Waals surface area contributed by atoms with E-state index in [1.165, 1.54) is 29.8 Å². The lowest BCUT2D eigenvalue weighted by atomic mass is 9.95. The zero-order valence-electron chi connectivity index (χ0n) is 15.4. The number of nitrogens with zero attached hydrogens (tertiary/aromatic N) is 1. The van der Waals surface area contributed by atoms with Crippen LogP contribution < -0.4 is 9.62 Å². The van der Waals surface area contributed by atoms with Crippen molar-refractivity contribution in [3.63, 3.8) is 0 Å². The normalized spacial score (nSPS) is 24.7. The Morgan fingerprint density at radius 3 is 2.69 bits per heavy atom. The van der Waals surface area contributed by atoms with Gasteiger partial charge >= 0.3 is 0 Å². The van der Waals surface area contributed by atoms with Crippen LogP contribution in [0.5, 0.6) is 0 Å². The maximum absolute atomic E-state index is 12.3. The fraction of sp³-hybridized carbons (Fsp3) is 0.632. The summed E-state index contributed by atoms with van der Waals surface area (Å²) in [7, 11) is -3.44. The predicted octanol–water partition coefficient (Wildman–Crippen LogP) is 3.50. The first-order valence-corrected chi connectivity index (χ1v) is 11.5. The van der Waals surface area contributed by atoms with E-state index in [1.807, 2.05) is 6.92 Å². The zero-order chi connectivity index (χ0) is 18.9. The highest BCUT2D eigenvalue weighted by Gasteiger charge is 2.39. The van der Waals surface area contributed by atoms with Crippen LogP contribution in [0, 0.1) is 18.8 Å². The number of hydrogen-bond donors (Lipinski definition) is 1. The molecule has 3 rings (SSSR count). The van der Waals surface area contributed by atoms with E-state index in [9.17, 15) is 13.2 Å². The van der Waals surface area contributed by atoms with Crippen molar-refractivity contribution < 1.29 is 13.2 Å². The molecule has 2 saturated carbocycles. The van der Waals surface area contributed by atoms with Gasteiger partial charge in [-0.05, 0) is 62.1 Å². The third-order valence-electron chi connectivity index (χ3n) is 5.69. The molecule has 0 unspecified atom stereocenters. The largest absolute Gasteiger partial charge is 0.353 e. The smallest absolute Gasteiger partial charge is 0.232 e. The average molecular weight is 399 g/mol. The van der Waals surface area contributed by atoms with Gasteiger partial charge in [-0.3, -0.25) is 9.10 Å². The van der Waals surface area contributed by atoms with E-state index in [2.05, 4.69) is 5.32 Å². The minimum atomic E-state index is -3.44. The van der Waals surface area contributed by atoms with Crippen molar-refractivity contribution in [1.82, 2.24) is 5.32 Å². The number of anilines is 1. The summed E-state index contributed by atoms with van der Waals surface area (Å²) in [5.74, 6) is 1.46. The first-order valence-electron chi connectivity index (χ1n) is 9.27. The van der Waals surface area contributed by atoms with Gasteiger partial charge in [-0.15, -0.1) is 0 Å². The molecule has 2 bridgehead atoms. The molecule has 0 aromatic heterocycles. The Kier molecular flexibility index (Phi) is 5.82. The van der Waals surface area contributed by atoms with Crippen molar-refractivity contribution in [1.29, 1.82) is 0 Å². The van der Waals surface area contributed by atoms with Gasteiger partial charge < -0.3 is 5.32 Å². The summed E-state index contributed by atoms with van der Waals surface area (Å²) in [5, 5.41) is 3.65. The molecule has 3 atom stereocenters. The number of rotatable bonds is 7. The molecule has 0 aliphatic heterocycles. The van der Waals surface area contributed by atoms with E-state index in [-0.39, 0.29) is 12.5 Å². The molecule has 0 heterocycles. The monoisotopic (exact) mass is 398 g/mol. The summed E-state index contributed by atoms with van der Waals surface area (Å²) < 4.78 is 25.8. The molecule has 2 fully saturated rings. The Balaban J connectivity index is 1.57. The SMILES string of the molecule is Cc1ccc(Cl)cc1N(CCCC(=O)N[C@@H]1C[C@H]2CC[C@H]1C2)S(C)(=O)=O. The highest BCUT2D eigenvalue weighted by molar-refractivity contribution is 7.92. The Morgan fingerprint density at radius 1 is 1.31 bits per heavy atom. The van der Waals surface area contributed by atoms with Crippen molar-refractivity contribution >= 4 is 33.2 Å². The molecule has 5 nitrogen and oxygen atoms in total. The van der Waals surface area contributed by atoms with Gasteiger partial charge in [0.15, 0.2) is 0 Å². The van der Waals surface area contributed by atoms with Gasteiger partial charge in [0, 0.05) is 24.0 Å². The van der Waals surface area contributed by atoms with Crippen LogP contribution in [0.25, 0.3) is 0 Å². The van der Waals surface area contributed by atoms with Crippen LogP contribution in [0.3, 0.4) is 0 Å². The van der Waals surface area contributed by atoms with Gasteiger partial charge in [-0.1, -0.05) is 24.1 Å². The second kappa shape index (κ2) is 7.77. The van der Waals surface area contributed by atoms with E-state index >= 15 is 0 Å². The second-order valence-electron chi connectivity index (χ2n) is 7.72. The molecule has 7 heteroatoms. The topological polar surface area (TPSA) is 66.5 Å². The van der Waals surface area contributed by atoms with Gasteiger partial charge in [0.05, 0.1) is 11.9 Å². The summed E-state index contributed by atoms with van der Waals surface area (Å²) >= 11 is 6.04. The third kappa shape index (κ3) is 4.52. The standard InChI is InChI=1S/C19H27ClN2O3S/c1-13-5-8-16(20)12-18(13)22(26(2,24)25)9-3-4-19(23)21-17-11-14-6-7-15(17)10-14/h5,8,12,14-15,17H,3-4,6-7,9-11H2,1-2H3,(H,21,23)/t14-,15-,17+/m0/s1. The molecule has 26 heavy (non-hydrogen) atoms. The van der Waals surface area contributed by atoms with Crippen molar-refractivity contribution in [2.45, 2.75) is 51.5 Å². The molecule has 1 aromatic rings. The summed E-state index contributed by atoms with van der Waals surface area (Å²) in [6.07, 6.45) is 6.88. The van der Waals surface area contributed by atoms with Gasteiger partial charge in [0.1, 0.15) is 0 Å². The molecular formula is C19H27ClN2O3S. The molecule has 1 aromatic carbocycles. The molecule has 1 N–H and O–H groups in total. The minimum Gasteiger partial charge on any atom is -0.353 e. The highest BCUT2D eigenvalue weighted by atomic mass is 35.5. The summed E-state index contributed by atoms with van der Waals surface area (Å²) in [6.45, 7) is 2.12. The summed E-state index contributed by atoms with van der Waals surface area (Å²) in [4.78, 5) is 12.3. The minimum absolute atomic E-state index is 0.0267. The van der Waals surface area contributed by atoms with Crippen LogP contribution in [0.15, 0.2) is 18.2 Å². The Labute approximate surface area is 161 Å². The molecule has 144 valence electrons. The van der Waals surface area contributed by atoms with Crippen LogP contribution in [0.4, 0.5) is 5.69 Å². The van der Waals surface area contributed by atoms with E-state index in [0.29, 0.717) is 35.5 Å². The van der Waals surface area contributed by atoms with Crippen LogP contribution in [-0.2, 0) is 14.8 Å². The quantitative estimate of drug-likeness (QED) is 0.764. The Morgan fingerprint density at radius 2 is 2.08 bits per heavy atom. The van der Waals surface area contributed by atoms with Crippen molar-refractivity contribution in [2.24, 2.45) is 11.8 Å². The van der Waals surface area contributed by atoms with Crippen molar-refractivity contribution in [2.75, 3.05) is 17.1 Å². The van der Waals surface area contributed by atoms with E-state index in [0.717, 1.165) is 17.9 Å². The summed E-state index contributed by atoms with van der Waals surface area (Å²) in [5.41, 5.74) is 1.42. The van der Waals surface area contributed by atoms with Crippen LogP contribution in [0.1, 0.15) is 44.1 Å².